The molecule has 4 heteroatoms. The number of nitrogens with one attached hydrogen (secondary N) is 1. The molecule has 1 rings (SSSR count). The number of benzene rings is 1. The topological polar surface area (TPSA) is 45.0 Å². The summed E-state index contributed by atoms with van der Waals surface area (Å²) in [6.07, 6.45) is 0.446. The molecule has 1 atom stereocenters. The highest BCUT2D eigenvalue weighted by molar-refractivity contribution is 5.48. The van der Waals surface area contributed by atoms with E-state index in [1.807, 2.05) is 13.8 Å². The highest BCUT2D eigenvalue weighted by Gasteiger charge is 2.33. The number of nitrogens with zero attached hydrogens (tertiary/aromatic N) is 1. The zero-order valence-corrected chi connectivity index (χ0v) is 11.2. The van der Waals surface area contributed by atoms with Crippen molar-refractivity contribution in [3.63, 3.8) is 0 Å². The Hall–Kier alpha value is -1.60. The Kier molecular flexibility index (Phi) is 4.31. The van der Waals surface area contributed by atoms with Crippen molar-refractivity contribution in [1.29, 1.82) is 5.26 Å². The fourth-order valence-corrected chi connectivity index (χ4v) is 1.90. The number of halogens is 1. The van der Waals surface area contributed by atoms with Crippen LogP contribution in [0.1, 0.15) is 27.2 Å². The molecule has 0 heterocycles. The van der Waals surface area contributed by atoms with Crippen molar-refractivity contribution in [3.8, 4) is 6.07 Å². The van der Waals surface area contributed by atoms with Gasteiger partial charge in [-0.15, -0.1) is 0 Å². The van der Waals surface area contributed by atoms with Crippen LogP contribution in [-0.4, -0.2) is 18.2 Å². The maximum atomic E-state index is 13.6. The van der Waals surface area contributed by atoms with Gasteiger partial charge in [-0.25, -0.2) is 4.39 Å². The molecule has 0 fully saturated rings. The van der Waals surface area contributed by atoms with Crippen LogP contribution in [-0.2, 0) is 4.74 Å². The van der Waals surface area contributed by atoms with Gasteiger partial charge in [0.1, 0.15) is 11.4 Å². The molecule has 0 aliphatic rings. The molecule has 1 aromatic carbocycles. The van der Waals surface area contributed by atoms with Gasteiger partial charge in [-0.05, 0) is 32.9 Å². The molecule has 98 valence electrons. The van der Waals surface area contributed by atoms with Gasteiger partial charge in [-0.3, -0.25) is 0 Å². The maximum Gasteiger partial charge on any atom is 0.146 e. The van der Waals surface area contributed by atoms with E-state index in [0.717, 1.165) is 0 Å². The number of ether oxygens (including phenoxy) is 1. The van der Waals surface area contributed by atoms with E-state index in [2.05, 4.69) is 11.4 Å². The van der Waals surface area contributed by atoms with Gasteiger partial charge in [-0.1, -0.05) is 12.1 Å². The molecule has 0 aliphatic heterocycles. The fourth-order valence-electron chi connectivity index (χ4n) is 1.90. The molecule has 1 N–H and O–H groups in total. The van der Waals surface area contributed by atoms with Gasteiger partial charge in [0.25, 0.3) is 0 Å². The SMILES string of the molecule is COC(C)(C)CC(C)(C#N)Nc1ccccc1F. The zero-order valence-electron chi connectivity index (χ0n) is 11.2. The smallest absolute Gasteiger partial charge is 0.146 e. The normalized spacial score (nSPS) is 14.7. The summed E-state index contributed by atoms with van der Waals surface area (Å²) in [7, 11) is 1.60. The van der Waals surface area contributed by atoms with Crippen LogP contribution >= 0.6 is 0 Å². The highest BCUT2D eigenvalue weighted by Crippen LogP contribution is 2.27. The van der Waals surface area contributed by atoms with E-state index in [1.54, 1.807) is 32.2 Å². The molecule has 0 radical (unpaired) electrons. The van der Waals surface area contributed by atoms with Crippen molar-refractivity contribution in [2.24, 2.45) is 0 Å². The molecular weight excluding hydrogens is 231 g/mol. The number of methoxy groups -OCH3 is 1. The minimum Gasteiger partial charge on any atom is -0.379 e. The monoisotopic (exact) mass is 250 g/mol. The Morgan fingerprint density at radius 2 is 1.94 bits per heavy atom. The molecule has 18 heavy (non-hydrogen) atoms. The van der Waals surface area contributed by atoms with Crippen LogP contribution in [0.4, 0.5) is 10.1 Å². The summed E-state index contributed by atoms with van der Waals surface area (Å²) in [6, 6.07) is 8.51. The van der Waals surface area contributed by atoms with Crippen molar-refractivity contribution >= 4 is 5.69 Å². The number of hydrogen-bond acceptors (Lipinski definition) is 3. The van der Waals surface area contributed by atoms with Gasteiger partial charge >= 0.3 is 0 Å². The number of nitriles is 1. The van der Waals surface area contributed by atoms with Crippen LogP contribution in [0.2, 0.25) is 0 Å². The molecule has 1 unspecified atom stereocenters. The first-order valence-corrected chi connectivity index (χ1v) is 5.81. The average molecular weight is 250 g/mol. The van der Waals surface area contributed by atoms with E-state index >= 15 is 0 Å². The molecule has 0 spiro atoms. The largest absolute Gasteiger partial charge is 0.379 e. The zero-order chi connectivity index (χ0) is 13.8. The van der Waals surface area contributed by atoms with Crippen LogP contribution in [0.15, 0.2) is 24.3 Å². The molecule has 0 bridgehead atoms. The van der Waals surface area contributed by atoms with E-state index in [-0.39, 0.29) is 5.82 Å². The Morgan fingerprint density at radius 1 is 1.33 bits per heavy atom. The van der Waals surface area contributed by atoms with Crippen LogP contribution in [0.5, 0.6) is 0 Å². The first-order valence-electron chi connectivity index (χ1n) is 5.81. The lowest BCUT2D eigenvalue weighted by Crippen LogP contribution is -2.41. The molecular formula is C14H19FN2O. The van der Waals surface area contributed by atoms with Gasteiger partial charge in [0.15, 0.2) is 0 Å². The first-order chi connectivity index (χ1) is 8.32. The van der Waals surface area contributed by atoms with Gasteiger partial charge in [-0.2, -0.15) is 5.26 Å². The third kappa shape index (κ3) is 3.71. The van der Waals surface area contributed by atoms with Crippen molar-refractivity contribution in [2.75, 3.05) is 12.4 Å². The summed E-state index contributed by atoms with van der Waals surface area (Å²) in [5.74, 6) is -0.366. The lowest BCUT2D eigenvalue weighted by Gasteiger charge is -2.33. The molecule has 0 amide bonds. The number of para-hydroxylation sites is 1. The standard InChI is InChI=1S/C14H19FN2O/c1-13(2,18-4)9-14(3,10-16)17-12-8-6-5-7-11(12)15/h5-8,17H,9H2,1-4H3. The number of hydrogen-bond donors (Lipinski definition) is 1. The van der Waals surface area contributed by atoms with E-state index in [4.69, 9.17) is 4.74 Å². The molecule has 0 saturated heterocycles. The summed E-state index contributed by atoms with van der Waals surface area (Å²) < 4.78 is 18.9. The first kappa shape index (κ1) is 14.5. The Bertz CT molecular complexity index is 453. The summed E-state index contributed by atoms with van der Waals surface area (Å²) in [4.78, 5) is 0. The van der Waals surface area contributed by atoms with Crippen LogP contribution in [0.3, 0.4) is 0 Å². The molecule has 0 saturated carbocycles. The second kappa shape index (κ2) is 5.36. The predicted molar refractivity (Wildman–Crippen MR) is 69.7 cm³/mol. The van der Waals surface area contributed by atoms with Crippen molar-refractivity contribution < 1.29 is 9.13 Å². The predicted octanol–water partition coefficient (Wildman–Crippen LogP) is 3.33. The molecule has 3 nitrogen and oxygen atoms in total. The van der Waals surface area contributed by atoms with Crippen molar-refractivity contribution in [3.05, 3.63) is 30.1 Å². The number of anilines is 1. The van der Waals surface area contributed by atoms with Crippen LogP contribution in [0.25, 0.3) is 0 Å². The quantitative estimate of drug-likeness (QED) is 0.871. The lowest BCUT2D eigenvalue weighted by atomic mass is 9.88. The minimum absolute atomic E-state index is 0.327. The average Bonchev–Trinajstić information content (AvgIpc) is 2.32. The third-order valence-electron chi connectivity index (χ3n) is 2.86. The van der Waals surface area contributed by atoms with Gasteiger partial charge in [0, 0.05) is 13.5 Å². The molecule has 0 aliphatic carbocycles. The van der Waals surface area contributed by atoms with E-state index in [9.17, 15) is 9.65 Å². The summed E-state index contributed by atoms with van der Waals surface area (Å²) in [5.41, 5.74) is -1.02. The van der Waals surface area contributed by atoms with E-state index in [1.165, 1.54) is 6.07 Å². The van der Waals surface area contributed by atoms with E-state index < -0.39 is 11.1 Å². The molecule has 1 aromatic rings. The van der Waals surface area contributed by atoms with Crippen molar-refractivity contribution in [2.45, 2.75) is 38.3 Å². The van der Waals surface area contributed by atoms with Crippen molar-refractivity contribution in [1.82, 2.24) is 0 Å². The Labute approximate surface area is 108 Å². The van der Waals surface area contributed by atoms with E-state index in [0.29, 0.717) is 12.1 Å². The Balaban J connectivity index is 2.91. The second-order valence-corrected chi connectivity index (χ2v) is 5.19. The molecule has 0 aromatic heterocycles. The van der Waals surface area contributed by atoms with Gasteiger partial charge in [0.05, 0.1) is 17.4 Å². The summed E-state index contributed by atoms with van der Waals surface area (Å²) in [6.45, 7) is 5.53. The second-order valence-electron chi connectivity index (χ2n) is 5.19. The fraction of sp³-hybridized carbons (Fsp3) is 0.500. The van der Waals surface area contributed by atoms with Gasteiger partial charge in [0.2, 0.25) is 0 Å². The van der Waals surface area contributed by atoms with Crippen LogP contribution < -0.4 is 5.32 Å². The minimum atomic E-state index is -0.887. The third-order valence-corrected chi connectivity index (χ3v) is 2.86. The highest BCUT2D eigenvalue weighted by atomic mass is 19.1. The lowest BCUT2D eigenvalue weighted by molar-refractivity contribution is 0.00722. The Morgan fingerprint density at radius 3 is 2.44 bits per heavy atom. The number of rotatable bonds is 5. The van der Waals surface area contributed by atoms with Gasteiger partial charge < -0.3 is 10.1 Å². The van der Waals surface area contributed by atoms with Crippen LogP contribution in [0, 0.1) is 17.1 Å². The summed E-state index contributed by atoms with van der Waals surface area (Å²) in [5, 5.41) is 12.3. The maximum absolute atomic E-state index is 13.6. The summed E-state index contributed by atoms with van der Waals surface area (Å²) >= 11 is 0.